The molecule has 1 aromatic carbocycles. The molecular formula is C15H13NO2. The van der Waals surface area contributed by atoms with Gasteiger partial charge in [0.2, 0.25) is 0 Å². The molecule has 2 aromatic rings. The Morgan fingerprint density at radius 2 is 1.94 bits per heavy atom. The molecule has 1 N–H and O–H groups in total. The Balaban J connectivity index is 2.09. The van der Waals surface area contributed by atoms with Gasteiger partial charge in [-0.25, -0.2) is 0 Å². The van der Waals surface area contributed by atoms with Crippen molar-refractivity contribution < 1.29 is 4.74 Å². The average molecular weight is 239 g/mol. The highest BCUT2D eigenvalue weighted by Crippen LogP contribution is 2.35. The van der Waals surface area contributed by atoms with E-state index in [-0.39, 0.29) is 5.56 Å². The van der Waals surface area contributed by atoms with Crippen LogP contribution < -0.4 is 10.3 Å². The van der Waals surface area contributed by atoms with Crippen molar-refractivity contribution in [2.24, 2.45) is 0 Å². The van der Waals surface area contributed by atoms with E-state index in [4.69, 9.17) is 4.74 Å². The predicted molar refractivity (Wildman–Crippen MR) is 70.5 cm³/mol. The highest BCUT2D eigenvalue weighted by Gasteiger charge is 2.29. The van der Waals surface area contributed by atoms with E-state index in [0.29, 0.717) is 11.3 Å². The molecule has 1 aromatic heterocycles. The van der Waals surface area contributed by atoms with E-state index in [1.54, 1.807) is 12.3 Å². The Hall–Kier alpha value is -2.29. The second-order valence-electron chi connectivity index (χ2n) is 4.49. The molecule has 1 atom stereocenters. The lowest BCUT2D eigenvalue weighted by atomic mass is 9.92. The van der Waals surface area contributed by atoms with Crippen molar-refractivity contribution in [1.82, 2.24) is 4.98 Å². The summed E-state index contributed by atoms with van der Waals surface area (Å²) in [6, 6.07) is 11.7. The molecule has 2 heterocycles. The number of aromatic amines is 1. The number of pyridine rings is 1. The molecule has 1 aliphatic rings. The molecule has 0 radical (unpaired) electrons. The van der Waals surface area contributed by atoms with Crippen LogP contribution >= 0.6 is 0 Å². The van der Waals surface area contributed by atoms with Gasteiger partial charge in [-0.3, -0.25) is 4.79 Å². The molecule has 0 saturated carbocycles. The zero-order chi connectivity index (χ0) is 12.6. The summed E-state index contributed by atoms with van der Waals surface area (Å²) in [4.78, 5) is 14.3. The van der Waals surface area contributed by atoms with Gasteiger partial charge in [-0.15, -0.1) is 0 Å². The third kappa shape index (κ3) is 1.64. The van der Waals surface area contributed by atoms with E-state index in [1.807, 2.05) is 49.4 Å². The maximum absolute atomic E-state index is 11.6. The first-order chi connectivity index (χ1) is 8.69. The standard InChI is InChI=1S/C15H13NO2/c1-15(11-5-3-2-4-6-11)9-7-12-13(18-15)8-10-16-14(12)17/h2-10H,1H3,(H,16,17). The maximum atomic E-state index is 11.6. The molecule has 0 bridgehead atoms. The Labute approximate surface area is 105 Å². The van der Waals surface area contributed by atoms with Gasteiger partial charge in [0.25, 0.3) is 5.56 Å². The van der Waals surface area contributed by atoms with Crippen LogP contribution in [0.5, 0.6) is 5.75 Å². The van der Waals surface area contributed by atoms with Crippen molar-refractivity contribution in [3.05, 3.63) is 70.2 Å². The lowest BCUT2D eigenvalue weighted by molar-refractivity contribution is 0.138. The predicted octanol–water partition coefficient (Wildman–Crippen LogP) is 2.70. The van der Waals surface area contributed by atoms with E-state index < -0.39 is 5.60 Å². The average Bonchev–Trinajstić information content (AvgIpc) is 2.40. The third-order valence-corrected chi connectivity index (χ3v) is 3.20. The molecule has 0 aliphatic carbocycles. The van der Waals surface area contributed by atoms with Crippen molar-refractivity contribution in [3.8, 4) is 5.75 Å². The second kappa shape index (κ2) is 3.88. The van der Waals surface area contributed by atoms with Gasteiger partial charge in [-0.05, 0) is 30.7 Å². The van der Waals surface area contributed by atoms with Gasteiger partial charge in [0.1, 0.15) is 11.4 Å². The molecular weight excluding hydrogens is 226 g/mol. The number of benzene rings is 1. The number of fused-ring (bicyclic) bond motifs is 1. The Kier molecular flexibility index (Phi) is 2.33. The molecule has 3 nitrogen and oxygen atoms in total. The van der Waals surface area contributed by atoms with Crippen molar-refractivity contribution in [2.45, 2.75) is 12.5 Å². The van der Waals surface area contributed by atoms with Crippen LogP contribution in [-0.2, 0) is 5.60 Å². The van der Waals surface area contributed by atoms with Crippen molar-refractivity contribution in [1.29, 1.82) is 0 Å². The number of aromatic nitrogens is 1. The first-order valence-corrected chi connectivity index (χ1v) is 5.84. The molecule has 18 heavy (non-hydrogen) atoms. The number of ether oxygens (including phenoxy) is 1. The molecule has 1 unspecified atom stereocenters. The number of hydrogen-bond acceptors (Lipinski definition) is 2. The minimum Gasteiger partial charge on any atom is -0.478 e. The molecule has 3 heteroatoms. The monoisotopic (exact) mass is 239 g/mol. The van der Waals surface area contributed by atoms with Gasteiger partial charge in [-0.2, -0.15) is 0 Å². The van der Waals surface area contributed by atoms with Crippen molar-refractivity contribution in [3.63, 3.8) is 0 Å². The van der Waals surface area contributed by atoms with Gasteiger partial charge in [0.15, 0.2) is 0 Å². The number of rotatable bonds is 1. The number of hydrogen-bond donors (Lipinski definition) is 1. The molecule has 3 rings (SSSR count). The van der Waals surface area contributed by atoms with E-state index in [0.717, 1.165) is 5.56 Å². The molecule has 0 amide bonds. The summed E-state index contributed by atoms with van der Waals surface area (Å²) in [5, 5.41) is 0. The highest BCUT2D eigenvalue weighted by molar-refractivity contribution is 5.60. The van der Waals surface area contributed by atoms with Crippen molar-refractivity contribution in [2.75, 3.05) is 0 Å². The van der Waals surface area contributed by atoms with E-state index in [1.165, 1.54) is 0 Å². The largest absolute Gasteiger partial charge is 0.478 e. The summed E-state index contributed by atoms with van der Waals surface area (Å²) in [6.45, 7) is 1.99. The van der Waals surface area contributed by atoms with Gasteiger partial charge in [0.05, 0.1) is 5.56 Å². The summed E-state index contributed by atoms with van der Waals surface area (Å²) >= 11 is 0. The molecule has 0 saturated heterocycles. The first kappa shape index (κ1) is 10.8. The smallest absolute Gasteiger partial charge is 0.258 e. The topological polar surface area (TPSA) is 42.1 Å². The van der Waals surface area contributed by atoms with Gasteiger partial charge in [-0.1, -0.05) is 30.3 Å². The fourth-order valence-electron chi connectivity index (χ4n) is 2.15. The molecule has 0 fully saturated rings. The summed E-state index contributed by atoms with van der Waals surface area (Å²) in [7, 11) is 0. The zero-order valence-electron chi connectivity index (χ0n) is 10.0. The van der Waals surface area contributed by atoms with Gasteiger partial charge >= 0.3 is 0 Å². The number of H-pyrrole nitrogens is 1. The van der Waals surface area contributed by atoms with Crippen LogP contribution in [0.2, 0.25) is 0 Å². The van der Waals surface area contributed by atoms with Crippen LogP contribution in [0.25, 0.3) is 6.08 Å². The Morgan fingerprint density at radius 1 is 1.17 bits per heavy atom. The lowest BCUT2D eigenvalue weighted by Crippen LogP contribution is -2.30. The Bertz CT molecular complexity index is 658. The van der Waals surface area contributed by atoms with Gasteiger partial charge in [0, 0.05) is 6.20 Å². The first-order valence-electron chi connectivity index (χ1n) is 5.84. The molecule has 1 aliphatic heterocycles. The third-order valence-electron chi connectivity index (χ3n) is 3.20. The highest BCUT2D eigenvalue weighted by atomic mass is 16.5. The summed E-state index contributed by atoms with van der Waals surface area (Å²) in [5.74, 6) is 0.618. The number of nitrogens with one attached hydrogen (secondary N) is 1. The molecule has 90 valence electrons. The summed E-state index contributed by atoms with van der Waals surface area (Å²) in [6.07, 6.45) is 5.34. The van der Waals surface area contributed by atoms with Crippen LogP contribution in [0.1, 0.15) is 18.1 Å². The van der Waals surface area contributed by atoms with E-state index in [2.05, 4.69) is 4.98 Å². The van der Waals surface area contributed by atoms with E-state index >= 15 is 0 Å². The minimum atomic E-state index is -0.526. The van der Waals surface area contributed by atoms with Crippen LogP contribution in [0.15, 0.2) is 53.5 Å². The van der Waals surface area contributed by atoms with Crippen molar-refractivity contribution >= 4 is 6.08 Å². The SMILES string of the molecule is CC1(c2ccccc2)C=Cc2c(cc[nH]c2=O)O1. The van der Waals surface area contributed by atoms with Crippen LogP contribution in [0, 0.1) is 0 Å². The maximum Gasteiger partial charge on any atom is 0.258 e. The zero-order valence-corrected chi connectivity index (χ0v) is 10.0. The fraction of sp³-hybridized carbons (Fsp3) is 0.133. The molecule has 0 spiro atoms. The fourth-order valence-corrected chi connectivity index (χ4v) is 2.15. The Morgan fingerprint density at radius 3 is 2.72 bits per heavy atom. The summed E-state index contributed by atoms with van der Waals surface area (Å²) < 4.78 is 5.98. The normalized spacial score (nSPS) is 21.2. The minimum absolute atomic E-state index is 0.126. The van der Waals surface area contributed by atoms with Crippen LogP contribution in [0.3, 0.4) is 0 Å². The quantitative estimate of drug-likeness (QED) is 0.831. The van der Waals surface area contributed by atoms with Crippen LogP contribution in [-0.4, -0.2) is 4.98 Å². The lowest BCUT2D eigenvalue weighted by Gasteiger charge is -2.31. The summed E-state index contributed by atoms with van der Waals surface area (Å²) in [5.41, 5.74) is 0.985. The van der Waals surface area contributed by atoms with Crippen LogP contribution in [0.4, 0.5) is 0 Å². The second-order valence-corrected chi connectivity index (χ2v) is 4.49. The van der Waals surface area contributed by atoms with E-state index in [9.17, 15) is 4.79 Å². The van der Waals surface area contributed by atoms with Gasteiger partial charge < -0.3 is 9.72 Å².